The number of sulfonamides is 1. The molecule has 8 heteroatoms. The van der Waals surface area contributed by atoms with E-state index in [1.165, 1.54) is 4.31 Å². The van der Waals surface area contributed by atoms with Gasteiger partial charge < -0.3 is 15.0 Å². The standard InChI is InChI=1S/C19H31N3O4S/c1-4-26-17-6-8-18(9-7-17)27(24,25)22-14-10-16(11-15-22)19(23)20-12-5-13-21(2)3/h6-9,16H,4-5,10-15H2,1-3H3,(H,20,23). The fraction of sp³-hybridized carbons (Fsp3) is 0.632. The molecular weight excluding hydrogens is 366 g/mol. The van der Waals surface area contributed by atoms with Gasteiger partial charge in [0.2, 0.25) is 15.9 Å². The van der Waals surface area contributed by atoms with Crippen molar-refractivity contribution >= 4 is 15.9 Å². The maximum Gasteiger partial charge on any atom is 0.243 e. The summed E-state index contributed by atoms with van der Waals surface area (Å²) in [5.41, 5.74) is 0. The number of hydrogen-bond donors (Lipinski definition) is 1. The van der Waals surface area contributed by atoms with Crippen molar-refractivity contribution in [2.45, 2.75) is 31.1 Å². The average Bonchev–Trinajstić information content (AvgIpc) is 2.66. The fourth-order valence-corrected chi connectivity index (χ4v) is 4.60. The van der Waals surface area contributed by atoms with Gasteiger partial charge in [-0.2, -0.15) is 4.31 Å². The summed E-state index contributed by atoms with van der Waals surface area (Å²) in [6.45, 7) is 4.74. The predicted octanol–water partition coefficient (Wildman–Crippen LogP) is 1.55. The lowest BCUT2D eigenvalue weighted by Gasteiger charge is -2.30. The molecule has 1 aliphatic heterocycles. The Hall–Kier alpha value is -1.64. The van der Waals surface area contributed by atoms with Crippen LogP contribution in [-0.2, 0) is 14.8 Å². The van der Waals surface area contributed by atoms with Crippen molar-refractivity contribution in [3.8, 4) is 5.75 Å². The van der Waals surface area contributed by atoms with Gasteiger partial charge in [-0.15, -0.1) is 0 Å². The second-order valence-corrected chi connectivity index (χ2v) is 8.97. The average molecular weight is 398 g/mol. The molecule has 27 heavy (non-hydrogen) atoms. The first kappa shape index (κ1) is 21.7. The lowest BCUT2D eigenvalue weighted by atomic mass is 9.97. The molecule has 2 rings (SSSR count). The van der Waals surface area contributed by atoms with E-state index >= 15 is 0 Å². The van der Waals surface area contributed by atoms with Crippen LogP contribution in [0.3, 0.4) is 0 Å². The van der Waals surface area contributed by atoms with Gasteiger partial charge in [0.15, 0.2) is 0 Å². The van der Waals surface area contributed by atoms with Crippen LogP contribution in [0.4, 0.5) is 0 Å². The Morgan fingerprint density at radius 1 is 1.22 bits per heavy atom. The Morgan fingerprint density at radius 2 is 1.85 bits per heavy atom. The summed E-state index contributed by atoms with van der Waals surface area (Å²) in [7, 11) is 0.472. The molecule has 0 atom stereocenters. The third kappa shape index (κ3) is 6.19. The van der Waals surface area contributed by atoms with E-state index in [1.54, 1.807) is 24.3 Å². The zero-order chi connectivity index (χ0) is 19.9. The Labute approximate surface area is 162 Å². The minimum absolute atomic E-state index is 0.0341. The molecule has 0 saturated carbocycles. The van der Waals surface area contributed by atoms with Crippen LogP contribution in [0.1, 0.15) is 26.2 Å². The molecule has 152 valence electrons. The minimum atomic E-state index is -3.53. The Balaban J connectivity index is 1.85. The molecule has 1 aromatic carbocycles. The highest BCUT2D eigenvalue weighted by Crippen LogP contribution is 2.25. The van der Waals surface area contributed by atoms with Gasteiger partial charge in [-0.05, 0) is 71.1 Å². The van der Waals surface area contributed by atoms with Crippen LogP contribution in [0, 0.1) is 5.92 Å². The maximum absolute atomic E-state index is 12.8. The van der Waals surface area contributed by atoms with E-state index in [0.29, 0.717) is 44.8 Å². The molecule has 1 amide bonds. The van der Waals surface area contributed by atoms with Crippen molar-refractivity contribution in [1.29, 1.82) is 0 Å². The van der Waals surface area contributed by atoms with Crippen LogP contribution >= 0.6 is 0 Å². The van der Waals surface area contributed by atoms with Crippen LogP contribution < -0.4 is 10.1 Å². The fourth-order valence-electron chi connectivity index (χ4n) is 3.13. The van der Waals surface area contributed by atoms with Crippen LogP contribution in [0.25, 0.3) is 0 Å². The summed E-state index contributed by atoms with van der Waals surface area (Å²) in [6.07, 6.45) is 2.01. The summed E-state index contributed by atoms with van der Waals surface area (Å²) in [5, 5.41) is 2.96. The van der Waals surface area contributed by atoms with Crippen LogP contribution in [0.5, 0.6) is 5.75 Å². The molecule has 0 radical (unpaired) electrons. The topological polar surface area (TPSA) is 79.0 Å². The van der Waals surface area contributed by atoms with Gasteiger partial charge in [-0.1, -0.05) is 0 Å². The van der Waals surface area contributed by atoms with Gasteiger partial charge in [0.1, 0.15) is 5.75 Å². The van der Waals surface area contributed by atoms with Crippen LogP contribution in [-0.4, -0.2) is 70.4 Å². The molecular formula is C19H31N3O4S. The monoisotopic (exact) mass is 397 g/mol. The van der Waals surface area contributed by atoms with Crippen LogP contribution in [0.15, 0.2) is 29.2 Å². The number of amides is 1. The molecule has 1 aliphatic rings. The lowest BCUT2D eigenvalue weighted by molar-refractivity contribution is -0.126. The first-order valence-electron chi connectivity index (χ1n) is 9.50. The molecule has 0 aromatic heterocycles. The minimum Gasteiger partial charge on any atom is -0.494 e. The highest BCUT2D eigenvalue weighted by atomic mass is 32.2. The summed E-state index contributed by atoms with van der Waals surface area (Å²) >= 11 is 0. The molecule has 0 spiro atoms. The van der Waals surface area contributed by atoms with E-state index in [1.807, 2.05) is 21.0 Å². The largest absolute Gasteiger partial charge is 0.494 e. The maximum atomic E-state index is 12.8. The van der Waals surface area contributed by atoms with E-state index in [4.69, 9.17) is 4.74 Å². The summed E-state index contributed by atoms with van der Waals surface area (Å²) in [6, 6.07) is 6.49. The number of ether oxygens (including phenoxy) is 1. The molecule has 1 N–H and O–H groups in total. The second kappa shape index (κ2) is 10.1. The lowest BCUT2D eigenvalue weighted by Crippen LogP contribution is -2.43. The number of nitrogens with zero attached hydrogens (tertiary/aromatic N) is 2. The first-order chi connectivity index (χ1) is 12.8. The first-order valence-corrected chi connectivity index (χ1v) is 10.9. The Bertz CT molecular complexity index is 696. The summed E-state index contributed by atoms with van der Waals surface area (Å²) < 4.78 is 32.4. The SMILES string of the molecule is CCOc1ccc(S(=O)(=O)N2CCC(C(=O)NCCCN(C)C)CC2)cc1. The number of nitrogens with one attached hydrogen (secondary N) is 1. The highest BCUT2D eigenvalue weighted by molar-refractivity contribution is 7.89. The zero-order valence-electron chi connectivity index (χ0n) is 16.5. The molecule has 0 aliphatic carbocycles. The molecule has 1 aromatic rings. The van der Waals surface area contributed by atoms with E-state index in [2.05, 4.69) is 10.2 Å². The number of piperidine rings is 1. The van der Waals surface area contributed by atoms with E-state index < -0.39 is 10.0 Å². The Kier molecular flexibility index (Phi) is 8.07. The summed E-state index contributed by atoms with van der Waals surface area (Å²) in [4.78, 5) is 14.6. The van der Waals surface area contributed by atoms with Crippen molar-refractivity contribution in [3.05, 3.63) is 24.3 Å². The van der Waals surface area contributed by atoms with E-state index in [9.17, 15) is 13.2 Å². The molecule has 1 saturated heterocycles. The van der Waals surface area contributed by atoms with E-state index in [0.717, 1.165) is 13.0 Å². The Morgan fingerprint density at radius 3 is 2.41 bits per heavy atom. The van der Waals surface area contributed by atoms with Crippen molar-refractivity contribution < 1.29 is 17.9 Å². The van der Waals surface area contributed by atoms with Gasteiger partial charge in [-0.25, -0.2) is 8.42 Å². The molecule has 0 bridgehead atoms. The zero-order valence-corrected chi connectivity index (χ0v) is 17.3. The third-order valence-corrected chi connectivity index (χ3v) is 6.59. The smallest absolute Gasteiger partial charge is 0.243 e. The van der Waals surface area contributed by atoms with Crippen LogP contribution in [0.2, 0.25) is 0 Å². The van der Waals surface area contributed by atoms with Gasteiger partial charge in [0.25, 0.3) is 0 Å². The van der Waals surface area contributed by atoms with Crippen molar-refractivity contribution in [2.24, 2.45) is 5.92 Å². The molecule has 1 fully saturated rings. The van der Waals surface area contributed by atoms with Crippen molar-refractivity contribution in [1.82, 2.24) is 14.5 Å². The number of rotatable bonds is 9. The molecule has 1 heterocycles. The van der Waals surface area contributed by atoms with E-state index in [-0.39, 0.29) is 16.7 Å². The van der Waals surface area contributed by atoms with Gasteiger partial charge in [0, 0.05) is 25.6 Å². The number of carbonyl (C=O) groups is 1. The number of carbonyl (C=O) groups excluding carboxylic acids is 1. The highest BCUT2D eigenvalue weighted by Gasteiger charge is 2.31. The van der Waals surface area contributed by atoms with Crippen molar-refractivity contribution in [3.63, 3.8) is 0 Å². The van der Waals surface area contributed by atoms with Gasteiger partial charge >= 0.3 is 0 Å². The molecule has 0 unspecified atom stereocenters. The van der Waals surface area contributed by atoms with Gasteiger partial charge in [-0.3, -0.25) is 4.79 Å². The second-order valence-electron chi connectivity index (χ2n) is 7.03. The molecule has 7 nitrogen and oxygen atoms in total. The summed E-state index contributed by atoms with van der Waals surface area (Å²) in [5.74, 6) is 0.573. The number of hydrogen-bond acceptors (Lipinski definition) is 5. The predicted molar refractivity (Wildman–Crippen MR) is 105 cm³/mol. The normalized spacial score (nSPS) is 16.4. The number of benzene rings is 1. The quantitative estimate of drug-likeness (QED) is 0.640. The third-order valence-electron chi connectivity index (χ3n) is 4.68. The van der Waals surface area contributed by atoms with Crippen molar-refractivity contribution in [2.75, 3.05) is 46.9 Å². The van der Waals surface area contributed by atoms with Gasteiger partial charge in [0.05, 0.1) is 11.5 Å².